The van der Waals surface area contributed by atoms with Gasteiger partial charge in [-0.1, -0.05) is 48.5 Å². The van der Waals surface area contributed by atoms with Gasteiger partial charge in [-0.3, -0.25) is 0 Å². The van der Waals surface area contributed by atoms with E-state index in [4.69, 9.17) is 22.7 Å². The largest absolute Gasteiger partial charge is 0.497 e. The Kier molecular flexibility index (Phi) is 5.99. The molecule has 4 heteroatoms. The first-order chi connectivity index (χ1) is 15.4. The van der Waals surface area contributed by atoms with Gasteiger partial charge in [0.2, 0.25) is 0 Å². The van der Waals surface area contributed by atoms with Crippen molar-refractivity contribution in [1.82, 2.24) is 0 Å². The van der Waals surface area contributed by atoms with Crippen LogP contribution in [-0.2, 0) is 12.8 Å². The van der Waals surface area contributed by atoms with Crippen LogP contribution >= 0.6 is 0 Å². The summed E-state index contributed by atoms with van der Waals surface area (Å²) in [5, 5.41) is 21.4. The van der Waals surface area contributed by atoms with Gasteiger partial charge in [-0.05, 0) is 56.9 Å². The molecule has 0 aliphatic heterocycles. The summed E-state index contributed by atoms with van der Waals surface area (Å²) >= 11 is 0. The van der Waals surface area contributed by atoms with Crippen molar-refractivity contribution in [2.24, 2.45) is 0 Å². The number of rotatable bonds is 4. The van der Waals surface area contributed by atoms with E-state index in [9.17, 15) is 0 Å². The highest BCUT2D eigenvalue weighted by Crippen LogP contribution is 2.25. The lowest BCUT2D eigenvalue weighted by Crippen LogP contribution is -1.87. The van der Waals surface area contributed by atoms with E-state index in [1.807, 2.05) is 54.6 Å². The van der Waals surface area contributed by atoms with Gasteiger partial charge in [-0.25, -0.2) is 0 Å². The summed E-state index contributed by atoms with van der Waals surface area (Å²) in [6, 6.07) is 26.4. The molecule has 30 heavy (non-hydrogen) atoms. The molecule has 0 atom stereocenters. The highest BCUT2D eigenvalue weighted by molar-refractivity contribution is 5.88. The van der Waals surface area contributed by atoms with Crippen LogP contribution in [0.2, 0.25) is 0 Å². The predicted octanol–water partition coefficient (Wildman–Crippen LogP) is 5.83. The summed E-state index contributed by atoms with van der Waals surface area (Å²) < 4.78 is 25.7. The molecule has 4 nitrogen and oxygen atoms in total. The smallest absolute Gasteiger partial charge is 0.119 e. The van der Waals surface area contributed by atoms with Crippen molar-refractivity contribution in [3.05, 3.63) is 83.9 Å². The molecule has 0 N–H and O–H groups in total. The molecule has 0 aromatic heterocycles. The molecule has 0 aliphatic carbocycles. The second-order valence-corrected chi connectivity index (χ2v) is 6.47. The molecule has 0 spiro atoms. The zero-order chi connectivity index (χ0) is 23.1. The average Bonchev–Trinajstić information content (AvgIpc) is 2.83. The van der Waals surface area contributed by atoms with Crippen LogP contribution in [0.1, 0.15) is 13.9 Å². The Bertz CT molecular complexity index is 1340. The predicted molar refractivity (Wildman–Crippen MR) is 120 cm³/mol. The third-order valence-electron chi connectivity index (χ3n) is 4.73. The lowest BCUT2D eigenvalue weighted by atomic mass is 10.0. The van der Waals surface area contributed by atoms with E-state index in [0.29, 0.717) is 23.1 Å². The van der Waals surface area contributed by atoms with Crippen LogP contribution in [0.5, 0.6) is 11.5 Å². The van der Waals surface area contributed by atoms with Crippen LogP contribution in [0.25, 0.3) is 21.5 Å². The molecule has 0 bridgehead atoms. The number of ether oxygens (including phenoxy) is 2. The van der Waals surface area contributed by atoms with Crippen LogP contribution < -0.4 is 9.47 Å². The Morgan fingerprint density at radius 3 is 1.77 bits per heavy atom. The van der Waals surface area contributed by atoms with Gasteiger partial charge in [0.05, 0.1) is 39.2 Å². The minimum atomic E-state index is -1.99. The quantitative estimate of drug-likeness (QED) is 0.435. The van der Waals surface area contributed by atoms with Gasteiger partial charge in [0.15, 0.2) is 0 Å². The minimum absolute atomic E-state index is 0.372. The molecule has 4 aromatic rings. The lowest BCUT2D eigenvalue weighted by Gasteiger charge is -2.05. The third-order valence-corrected chi connectivity index (χ3v) is 4.73. The second-order valence-electron chi connectivity index (χ2n) is 6.47. The average molecular weight is 396 g/mol. The van der Waals surface area contributed by atoms with Crippen molar-refractivity contribution in [1.29, 1.82) is 10.5 Å². The minimum Gasteiger partial charge on any atom is -0.497 e. The Labute approximate surface area is 179 Å². The van der Waals surface area contributed by atoms with E-state index in [1.54, 1.807) is 38.5 Å². The second kappa shape index (κ2) is 9.96. The van der Waals surface area contributed by atoms with E-state index in [0.717, 1.165) is 27.5 Å². The zero-order valence-electron chi connectivity index (χ0n) is 18.8. The van der Waals surface area contributed by atoms with E-state index in [2.05, 4.69) is 6.07 Å². The van der Waals surface area contributed by atoms with Gasteiger partial charge in [0, 0.05) is 2.74 Å². The van der Waals surface area contributed by atoms with Crippen LogP contribution in [0.3, 0.4) is 0 Å². The van der Waals surface area contributed by atoms with Gasteiger partial charge < -0.3 is 9.47 Å². The molecule has 4 rings (SSSR count). The zero-order valence-corrected chi connectivity index (χ0v) is 16.8. The van der Waals surface area contributed by atoms with Crippen LogP contribution in [0, 0.1) is 22.7 Å². The lowest BCUT2D eigenvalue weighted by molar-refractivity contribution is 0.415. The molecule has 0 amide bonds. The number of nitrogens with zero attached hydrogens (tertiary/aromatic N) is 2. The summed E-state index contributed by atoms with van der Waals surface area (Å²) in [6.45, 7) is 0. The fraction of sp³-hybridized carbons (Fsp3) is 0.154. The Balaban J connectivity index is 0.000000182. The van der Waals surface area contributed by atoms with Gasteiger partial charge in [0.1, 0.15) is 11.5 Å². The van der Waals surface area contributed by atoms with E-state index >= 15 is 0 Å². The monoisotopic (exact) mass is 396 g/mol. The van der Waals surface area contributed by atoms with Crippen molar-refractivity contribution >= 4 is 21.5 Å². The van der Waals surface area contributed by atoms with Crippen LogP contribution in [-0.4, -0.2) is 14.2 Å². The van der Waals surface area contributed by atoms with E-state index in [-0.39, 0.29) is 0 Å². The molecular weight excluding hydrogens is 372 g/mol. The van der Waals surface area contributed by atoms with Gasteiger partial charge in [0.25, 0.3) is 0 Å². The van der Waals surface area contributed by atoms with Gasteiger partial charge in [-0.15, -0.1) is 0 Å². The summed E-state index contributed by atoms with van der Waals surface area (Å²) in [5.74, 6) is 1.48. The molecule has 0 radical (unpaired) electrons. The number of nitriles is 2. The van der Waals surface area contributed by atoms with Crippen molar-refractivity contribution in [2.45, 2.75) is 12.8 Å². The highest BCUT2D eigenvalue weighted by atomic mass is 16.5. The summed E-state index contributed by atoms with van der Waals surface area (Å²) in [6.07, 6.45) is -1.56. The number of hydrogen-bond acceptors (Lipinski definition) is 4. The number of hydrogen-bond donors (Lipinski definition) is 0. The fourth-order valence-corrected chi connectivity index (χ4v) is 3.23. The van der Waals surface area contributed by atoms with Crippen molar-refractivity contribution in [2.75, 3.05) is 14.2 Å². The maximum atomic E-state index is 8.88. The van der Waals surface area contributed by atoms with Crippen molar-refractivity contribution in [3.63, 3.8) is 0 Å². The fourth-order valence-electron chi connectivity index (χ4n) is 3.23. The molecule has 0 aliphatic rings. The van der Waals surface area contributed by atoms with Gasteiger partial charge in [-0.2, -0.15) is 10.5 Å². The summed E-state index contributed by atoms with van der Waals surface area (Å²) in [5.41, 5.74) is 1.42. The molecule has 0 unspecified atom stereocenters. The topological polar surface area (TPSA) is 66.0 Å². The molecule has 0 heterocycles. The standard InChI is InChI=1S/2C13H11NO/c2*1-15-12-6-5-10-3-2-4-11(7-8-14)13(10)9-12/h2*2-6,9H,7H2,1H3/i7D2;. The van der Waals surface area contributed by atoms with Crippen molar-refractivity contribution < 1.29 is 12.2 Å². The normalized spacial score (nSPS) is 11.3. The highest BCUT2D eigenvalue weighted by Gasteiger charge is 2.02. The first-order valence-electron chi connectivity index (χ1n) is 10.3. The maximum Gasteiger partial charge on any atom is 0.119 e. The Morgan fingerprint density at radius 1 is 0.733 bits per heavy atom. The van der Waals surface area contributed by atoms with Crippen LogP contribution in [0.15, 0.2) is 72.8 Å². The first-order valence-corrected chi connectivity index (χ1v) is 9.34. The van der Waals surface area contributed by atoms with E-state index in [1.165, 1.54) is 0 Å². The Hall–Kier alpha value is -4.02. The molecule has 0 fully saturated rings. The van der Waals surface area contributed by atoms with E-state index < -0.39 is 6.37 Å². The van der Waals surface area contributed by atoms with Crippen molar-refractivity contribution in [3.8, 4) is 23.6 Å². The third kappa shape index (κ3) is 4.69. The molecule has 4 aromatic carbocycles. The SMILES string of the molecule is COc1ccc2cccc(CC#N)c2c1.[2H]C([2H])(C#N)c1cccc2ccc(OC)cc12. The number of methoxy groups -OCH3 is 2. The van der Waals surface area contributed by atoms with Crippen LogP contribution in [0.4, 0.5) is 0 Å². The molecule has 0 saturated carbocycles. The van der Waals surface area contributed by atoms with Gasteiger partial charge >= 0.3 is 0 Å². The number of fused-ring (bicyclic) bond motifs is 2. The summed E-state index contributed by atoms with van der Waals surface area (Å²) in [7, 11) is 3.21. The molecule has 148 valence electrons. The molecule has 0 saturated heterocycles. The summed E-state index contributed by atoms with van der Waals surface area (Å²) in [4.78, 5) is 0. The molecular formula is C26H22N2O2. The first kappa shape index (κ1) is 18.0. The number of benzene rings is 4. The Morgan fingerprint density at radius 2 is 1.27 bits per heavy atom. The maximum absolute atomic E-state index is 8.88.